The lowest BCUT2D eigenvalue weighted by Gasteiger charge is -2.30. The Kier molecular flexibility index (Phi) is 5.53. The fourth-order valence-corrected chi connectivity index (χ4v) is 4.10. The van der Waals surface area contributed by atoms with Gasteiger partial charge in [-0.25, -0.2) is 0 Å². The van der Waals surface area contributed by atoms with E-state index in [-0.39, 0.29) is 30.7 Å². The molecule has 0 saturated carbocycles. The second-order valence-electron chi connectivity index (χ2n) is 7.16. The van der Waals surface area contributed by atoms with Crippen molar-refractivity contribution in [3.05, 3.63) is 53.0 Å². The van der Waals surface area contributed by atoms with Crippen LogP contribution in [-0.2, 0) is 14.4 Å². The summed E-state index contributed by atoms with van der Waals surface area (Å²) >= 11 is 3.42. The highest BCUT2D eigenvalue weighted by molar-refractivity contribution is 9.10. The second kappa shape index (κ2) is 8.24. The van der Waals surface area contributed by atoms with E-state index in [0.717, 1.165) is 15.8 Å². The van der Waals surface area contributed by atoms with E-state index in [1.54, 1.807) is 4.90 Å². The Morgan fingerprint density at radius 1 is 1.14 bits per heavy atom. The van der Waals surface area contributed by atoms with Crippen LogP contribution in [0.3, 0.4) is 0 Å². The number of para-hydroxylation sites is 2. The molecule has 1 atom stereocenters. The van der Waals surface area contributed by atoms with Gasteiger partial charge in [-0.3, -0.25) is 14.4 Å². The number of hydrogen-bond donors (Lipinski definition) is 2. The van der Waals surface area contributed by atoms with E-state index in [9.17, 15) is 14.4 Å². The Bertz CT molecular complexity index is 964. The van der Waals surface area contributed by atoms with Gasteiger partial charge >= 0.3 is 0 Å². The smallest absolute Gasteiger partial charge is 0.239 e. The number of hydrogen-bond acceptors (Lipinski definition) is 4. The summed E-state index contributed by atoms with van der Waals surface area (Å²) in [6.07, 6.45) is 0.173. The van der Waals surface area contributed by atoms with E-state index in [1.807, 2.05) is 53.4 Å². The van der Waals surface area contributed by atoms with Crippen LogP contribution in [0.2, 0.25) is 0 Å². The van der Waals surface area contributed by atoms with Crippen LogP contribution >= 0.6 is 15.9 Å². The number of benzene rings is 2. The van der Waals surface area contributed by atoms with Gasteiger partial charge in [-0.2, -0.15) is 0 Å². The number of nitrogens with zero attached hydrogens (tertiary/aromatic N) is 2. The molecule has 1 unspecified atom stereocenters. The number of halogens is 1. The Morgan fingerprint density at radius 2 is 1.97 bits per heavy atom. The van der Waals surface area contributed by atoms with Crippen molar-refractivity contribution in [3.63, 3.8) is 0 Å². The summed E-state index contributed by atoms with van der Waals surface area (Å²) in [5.74, 6) is -0.725. The lowest BCUT2D eigenvalue weighted by atomic mass is 10.1. The zero-order valence-electron chi connectivity index (χ0n) is 15.7. The van der Waals surface area contributed by atoms with E-state index >= 15 is 0 Å². The maximum atomic E-state index is 12.9. The minimum atomic E-state index is -0.431. The molecular formula is C21H21BrN4O3. The zero-order valence-corrected chi connectivity index (χ0v) is 17.3. The molecule has 0 spiro atoms. The van der Waals surface area contributed by atoms with Gasteiger partial charge < -0.3 is 20.4 Å². The van der Waals surface area contributed by atoms with Crippen molar-refractivity contribution in [2.75, 3.05) is 41.3 Å². The topological polar surface area (TPSA) is 81.8 Å². The Balaban J connectivity index is 1.48. The van der Waals surface area contributed by atoms with Gasteiger partial charge in [0.15, 0.2) is 0 Å². The minimum absolute atomic E-state index is 0.0385. The number of carbonyl (C=O) groups is 3. The Morgan fingerprint density at radius 3 is 2.76 bits per heavy atom. The maximum absolute atomic E-state index is 12.9. The van der Waals surface area contributed by atoms with E-state index in [2.05, 4.69) is 26.6 Å². The van der Waals surface area contributed by atoms with Gasteiger partial charge in [-0.05, 0) is 30.3 Å². The lowest BCUT2D eigenvalue weighted by molar-refractivity contribution is -0.122. The third-order valence-corrected chi connectivity index (χ3v) is 5.65. The number of amides is 3. The van der Waals surface area contributed by atoms with Crippen molar-refractivity contribution >= 4 is 50.7 Å². The first-order valence-corrected chi connectivity index (χ1v) is 10.3. The van der Waals surface area contributed by atoms with Crippen LogP contribution in [0.4, 0.5) is 17.1 Å². The van der Waals surface area contributed by atoms with Crippen LogP contribution < -0.4 is 20.4 Å². The summed E-state index contributed by atoms with van der Waals surface area (Å²) in [5, 5.41) is 5.77. The first kappa shape index (κ1) is 19.4. The summed E-state index contributed by atoms with van der Waals surface area (Å²) < 4.78 is 0.884. The van der Waals surface area contributed by atoms with Crippen molar-refractivity contribution in [1.82, 2.24) is 5.32 Å². The van der Waals surface area contributed by atoms with Crippen LogP contribution in [0.1, 0.15) is 6.42 Å². The molecule has 2 aromatic rings. The molecule has 2 aliphatic rings. The summed E-state index contributed by atoms with van der Waals surface area (Å²) in [5.41, 5.74) is 2.24. The summed E-state index contributed by atoms with van der Waals surface area (Å²) in [6.45, 7) is 1.85. The van der Waals surface area contributed by atoms with E-state index in [0.29, 0.717) is 25.3 Å². The third-order valence-electron chi connectivity index (χ3n) is 5.16. The van der Waals surface area contributed by atoms with Crippen molar-refractivity contribution in [1.29, 1.82) is 0 Å². The highest BCUT2D eigenvalue weighted by Crippen LogP contribution is 2.30. The average Bonchev–Trinajstić information content (AvgIpc) is 3.10. The largest absolute Gasteiger partial charge is 0.359 e. The minimum Gasteiger partial charge on any atom is -0.359 e. The molecule has 2 saturated heterocycles. The fraction of sp³-hybridized carbons (Fsp3) is 0.286. The van der Waals surface area contributed by atoms with Gasteiger partial charge in [0.1, 0.15) is 0 Å². The van der Waals surface area contributed by atoms with Crippen molar-refractivity contribution in [2.24, 2.45) is 5.92 Å². The molecular weight excluding hydrogens is 436 g/mol. The molecule has 3 amide bonds. The lowest BCUT2D eigenvalue weighted by Crippen LogP contribution is -2.48. The number of carbonyl (C=O) groups excluding carboxylic acids is 3. The summed E-state index contributed by atoms with van der Waals surface area (Å²) in [6, 6.07) is 14.9. The molecule has 0 bridgehead atoms. The predicted molar refractivity (Wildman–Crippen MR) is 115 cm³/mol. The highest BCUT2D eigenvalue weighted by Gasteiger charge is 2.35. The summed E-state index contributed by atoms with van der Waals surface area (Å²) in [4.78, 5) is 40.7. The zero-order chi connectivity index (χ0) is 20.4. The molecule has 0 radical (unpaired) electrons. The van der Waals surface area contributed by atoms with Gasteiger partial charge in [0.2, 0.25) is 17.7 Å². The molecule has 0 aliphatic carbocycles. The molecule has 2 heterocycles. The number of nitrogens with one attached hydrogen (secondary N) is 2. The SMILES string of the molecule is O=C1CN(c2ccccc2NC(=O)C2CC(=O)N(c3cccc(Br)c3)C2)CCN1. The molecule has 2 fully saturated rings. The van der Waals surface area contributed by atoms with E-state index in [1.165, 1.54) is 0 Å². The number of anilines is 3. The molecule has 7 nitrogen and oxygen atoms in total. The quantitative estimate of drug-likeness (QED) is 0.739. The fourth-order valence-electron chi connectivity index (χ4n) is 3.71. The van der Waals surface area contributed by atoms with Crippen LogP contribution in [0.25, 0.3) is 0 Å². The Hall–Kier alpha value is -2.87. The molecule has 8 heteroatoms. The number of piperazine rings is 1. The van der Waals surface area contributed by atoms with Gasteiger partial charge in [0, 0.05) is 36.2 Å². The summed E-state index contributed by atoms with van der Waals surface area (Å²) in [7, 11) is 0. The third kappa shape index (κ3) is 4.27. The molecule has 150 valence electrons. The standard InChI is InChI=1S/C21H21BrN4O3/c22-15-4-3-5-16(11-15)26-12-14(10-20(26)28)21(29)24-17-6-1-2-7-18(17)25-9-8-23-19(27)13-25/h1-7,11,14H,8-10,12-13H2,(H,23,27)(H,24,29). The molecule has 2 aromatic carbocycles. The van der Waals surface area contributed by atoms with Gasteiger partial charge in [-0.15, -0.1) is 0 Å². The molecule has 2 aliphatic heterocycles. The van der Waals surface area contributed by atoms with Crippen LogP contribution in [-0.4, -0.2) is 43.9 Å². The second-order valence-corrected chi connectivity index (χ2v) is 8.08. The first-order chi connectivity index (χ1) is 14.0. The highest BCUT2D eigenvalue weighted by atomic mass is 79.9. The first-order valence-electron chi connectivity index (χ1n) is 9.49. The van der Waals surface area contributed by atoms with Crippen molar-refractivity contribution in [3.8, 4) is 0 Å². The van der Waals surface area contributed by atoms with Gasteiger partial charge in [0.05, 0.1) is 23.8 Å². The average molecular weight is 457 g/mol. The Labute approximate surface area is 177 Å². The molecule has 0 aromatic heterocycles. The number of rotatable bonds is 4. The molecule has 29 heavy (non-hydrogen) atoms. The van der Waals surface area contributed by atoms with Crippen LogP contribution in [0.15, 0.2) is 53.0 Å². The van der Waals surface area contributed by atoms with Gasteiger partial charge in [0.25, 0.3) is 0 Å². The van der Waals surface area contributed by atoms with Crippen LogP contribution in [0, 0.1) is 5.92 Å². The predicted octanol–water partition coefficient (Wildman–Crippen LogP) is 2.38. The van der Waals surface area contributed by atoms with E-state index < -0.39 is 5.92 Å². The molecule has 2 N–H and O–H groups in total. The van der Waals surface area contributed by atoms with Gasteiger partial charge in [-0.1, -0.05) is 34.1 Å². The normalized spacial score (nSPS) is 19.3. The van der Waals surface area contributed by atoms with Crippen molar-refractivity contribution in [2.45, 2.75) is 6.42 Å². The van der Waals surface area contributed by atoms with Crippen LogP contribution in [0.5, 0.6) is 0 Å². The van der Waals surface area contributed by atoms with E-state index in [4.69, 9.17) is 0 Å². The van der Waals surface area contributed by atoms with Crippen molar-refractivity contribution < 1.29 is 14.4 Å². The molecule has 4 rings (SSSR count). The monoisotopic (exact) mass is 456 g/mol. The maximum Gasteiger partial charge on any atom is 0.239 e.